The Kier molecular flexibility index (Phi) is 5.15. The molecule has 1 heterocycles. The summed E-state index contributed by atoms with van der Waals surface area (Å²) in [6, 6.07) is 9.93. The van der Waals surface area contributed by atoms with Crippen molar-refractivity contribution in [3.63, 3.8) is 0 Å². The molecule has 2 fully saturated rings. The Bertz CT molecular complexity index is 905. The number of rotatable bonds is 5. The van der Waals surface area contributed by atoms with Gasteiger partial charge in [-0.15, -0.1) is 0 Å². The number of amides is 2. The topological polar surface area (TPSA) is 88.9 Å². The third kappa shape index (κ3) is 3.78. The maximum absolute atomic E-state index is 12.4. The molecule has 7 nitrogen and oxygen atoms in total. The minimum Gasteiger partial charge on any atom is -0.347 e. The van der Waals surface area contributed by atoms with Crippen molar-refractivity contribution in [2.24, 2.45) is 24.3 Å². The molecule has 3 atom stereocenters. The highest BCUT2D eigenvalue weighted by Gasteiger charge is 2.53. The fourth-order valence-electron chi connectivity index (χ4n) is 5.12. The first-order chi connectivity index (χ1) is 13.9. The maximum atomic E-state index is 12.4. The van der Waals surface area contributed by atoms with Gasteiger partial charge in [0.2, 0.25) is 0 Å². The van der Waals surface area contributed by atoms with Crippen LogP contribution >= 0.6 is 0 Å². The molecule has 2 aromatic rings. The van der Waals surface area contributed by atoms with Gasteiger partial charge in [-0.3, -0.25) is 9.59 Å². The van der Waals surface area contributed by atoms with Gasteiger partial charge in [0.05, 0.1) is 0 Å². The minimum absolute atomic E-state index is 0.0601. The molecule has 0 saturated heterocycles. The first-order valence-corrected chi connectivity index (χ1v) is 10.4. The van der Waals surface area contributed by atoms with E-state index in [4.69, 9.17) is 0 Å². The molecule has 0 spiro atoms. The summed E-state index contributed by atoms with van der Waals surface area (Å²) < 4.78 is 1.73. The number of aromatic nitrogens is 3. The summed E-state index contributed by atoms with van der Waals surface area (Å²) in [5.74, 6) is 1.46. The molecule has 154 valence electrons. The molecule has 7 heteroatoms. The number of nitrogens with zero attached hydrogens (tertiary/aromatic N) is 3. The number of aryl methyl sites for hydroxylation is 1. The highest BCUT2D eigenvalue weighted by Crippen LogP contribution is 2.55. The second-order valence-corrected chi connectivity index (χ2v) is 8.89. The van der Waals surface area contributed by atoms with E-state index in [1.54, 1.807) is 4.68 Å². The summed E-state index contributed by atoms with van der Waals surface area (Å²) in [7, 11) is 1.85. The smallest absolute Gasteiger partial charge is 0.309 e. The fraction of sp³-hybridized carbons (Fsp3) is 0.545. The van der Waals surface area contributed by atoms with Gasteiger partial charge in [-0.25, -0.2) is 9.67 Å². The average Bonchev–Trinajstić information content (AvgIpc) is 3.38. The Balaban J connectivity index is 1.29. The molecular formula is C22H29N5O2. The van der Waals surface area contributed by atoms with Gasteiger partial charge in [0.25, 0.3) is 0 Å². The van der Waals surface area contributed by atoms with Crippen LogP contribution in [0.25, 0.3) is 11.4 Å². The number of carbonyl (C=O) groups is 2. The highest BCUT2D eigenvalue weighted by atomic mass is 16.2. The average molecular weight is 396 g/mol. The molecule has 0 aliphatic heterocycles. The van der Waals surface area contributed by atoms with E-state index in [1.165, 1.54) is 6.42 Å². The van der Waals surface area contributed by atoms with Crippen LogP contribution in [0.1, 0.15) is 38.9 Å². The summed E-state index contributed by atoms with van der Waals surface area (Å²) >= 11 is 0. The Morgan fingerprint density at radius 2 is 1.93 bits per heavy atom. The Labute approximate surface area is 171 Å². The third-order valence-electron chi connectivity index (χ3n) is 6.76. The Morgan fingerprint density at radius 1 is 1.17 bits per heavy atom. The van der Waals surface area contributed by atoms with E-state index in [-0.39, 0.29) is 11.5 Å². The molecule has 2 amide bonds. The zero-order valence-corrected chi connectivity index (χ0v) is 17.3. The number of hydrogen-bond donors (Lipinski definition) is 2. The molecule has 1 aromatic carbocycles. The standard InChI is InChI=1S/C22H29N5O2/c1-22(2)16-10-9-15(13-16)18(22)25-21(29)20(28)23-12-11-17-24-19(27(3)26-17)14-7-5-4-6-8-14/h4-8,15-16,18H,9-13H2,1-3H3,(H,23,28)(H,25,29). The largest absolute Gasteiger partial charge is 0.347 e. The first kappa shape index (κ1) is 19.6. The van der Waals surface area contributed by atoms with Gasteiger partial charge >= 0.3 is 11.8 Å². The zero-order valence-electron chi connectivity index (χ0n) is 17.3. The van der Waals surface area contributed by atoms with E-state index in [0.29, 0.717) is 30.6 Å². The molecular weight excluding hydrogens is 366 g/mol. The van der Waals surface area contributed by atoms with Gasteiger partial charge in [-0.2, -0.15) is 5.10 Å². The van der Waals surface area contributed by atoms with E-state index in [9.17, 15) is 9.59 Å². The highest BCUT2D eigenvalue weighted by molar-refractivity contribution is 6.35. The van der Waals surface area contributed by atoms with Crippen LogP contribution in [0, 0.1) is 17.3 Å². The van der Waals surface area contributed by atoms with Crippen molar-refractivity contribution >= 4 is 11.8 Å². The zero-order chi connectivity index (χ0) is 20.6. The predicted molar refractivity (Wildman–Crippen MR) is 110 cm³/mol. The van der Waals surface area contributed by atoms with Crippen molar-refractivity contribution in [3.05, 3.63) is 36.2 Å². The van der Waals surface area contributed by atoms with Crippen LogP contribution in [0.3, 0.4) is 0 Å². The SMILES string of the molecule is Cn1nc(CCNC(=O)C(=O)NC2C3CCC(C3)C2(C)C)nc1-c1ccccc1. The second-order valence-electron chi connectivity index (χ2n) is 8.89. The summed E-state index contributed by atoms with van der Waals surface area (Å²) in [5.41, 5.74) is 1.05. The van der Waals surface area contributed by atoms with E-state index in [0.717, 1.165) is 24.2 Å². The van der Waals surface area contributed by atoms with Crippen LogP contribution in [0.2, 0.25) is 0 Å². The molecule has 2 aliphatic rings. The first-order valence-electron chi connectivity index (χ1n) is 10.4. The maximum Gasteiger partial charge on any atom is 0.309 e. The van der Waals surface area contributed by atoms with Gasteiger partial charge in [0, 0.05) is 31.6 Å². The molecule has 2 N–H and O–H groups in total. The molecule has 2 bridgehead atoms. The molecule has 2 aliphatic carbocycles. The number of fused-ring (bicyclic) bond motifs is 2. The minimum atomic E-state index is -0.581. The molecule has 2 saturated carbocycles. The van der Waals surface area contributed by atoms with E-state index in [2.05, 4.69) is 34.6 Å². The van der Waals surface area contributed by atoms with Crippen LogP contribution in [-0.4, -0.2) is 39.2 Å². The second kappa shape index (κ2) is 7.61. The molecule has 3 unspecified atom stereocenters. The van der Waals surface area contributed by atoms with Gasteiger partial charge < -0.3 is 10.6 Å². The van der Waals surface area contributed by atoms with E-state index >= 15 is 0 Å². The van der Waals surface area contributed by atoms with Crippen LogP contribution in [0.4, 0.5) is 0 Å². The van der Waals surface area contributed by atoms with Gasteiger partial charge in [0.15, 0.2) is 11.6 Å². The lowest BCUT2D eigenvalue weighted by molar-refractivity contribution is -0.140. The summed E-state index contributed by atoms with van der Waals surface area (Å²) in [6.07, 6.45) is 4.02. The number of carbonyl (C=O) groups excluding carboxylic acids is 2. The quantitative estimate of drug-likeness (QED) is 0.759. The molecule has 1 aromatic heterocycles. The lowest BCUT2D eigenvalue weighted by atomic mass is 9.73. The molecule has 29 heavy (non-hydrogen) atoms. The number of benzene rings is 1. The van der Waals surface area contributed by atoms with Gasteiger partial charge in [0.1, 0.15) is 0 Å². The lowest BCUT2D eigenvalue weighted by Crippen LogP contribution is -2.52. The van der Waals surface area contributed by atoms with Crippen LogP contribution in [-0.2, 0) is 23.1 Å². The van der Waals surface area contributed by atoms with Crippen molar-refractivity contribution in [2.75, 3.05) is 6.54 Å². The normalized spacial score (nSPS) is 24.4. The van der Waals surface area contributed by atoms with Crippen molar-refractivity contribution in [1.82, 2.24) is 25.4 Å². The number of nitrogens with one attached hydrogen (secondary N) is 2. The van der Waals surface area contributed by atoms with Crippen LogP contribution in [0.15, 0.2) is 30.3 Å². The lowest BCUT2D eigenvalue weighted by Gasteiger charge is -2.38. The van der Waals surface area contributed by atoms with Crippen molar-refractivity contribution in [3.8, 4) is 11.4 Å². The van der Waals surface area contributed by atoms with Gasteiger partial charge in [-0.1, -0.05) is 44.2 Å². The predicted octanol–water partition coefficient (Wildman–Crippen LogP) is 2.08. The third-order valence-corrected chi connectivity index (χ3v) is 6.76. The summed E-state index contributed by atoms with van der Waals surface area (Å²) in [6.45, 7) is 4.73. The Morgan fingerprint density at radius 3 is 2.62 bits per heavy atom. The molecule has 4 rings (SSSR count). The van der Waals surface area contributed by atoms with Crippen molar-refractivity contribution in [1.29, 1.82) is 0 Å². The van der Waals surface area contributed by atoms with Crippen molar-refractivity contribution < 1.29 is 9.59 Å². The summed E-state index contributed by atoms with van der Waals surface area (Å²) in [5, 5.41) is 10.1. The Hall–Kier alpha value is -2.70. The summed E-state index contributed by atoms with van der Waals surface area (Å²) in [4.78, 5) is 29.2. The van der Waals surface area contributed by atoms with Crippen LogP contribution in [0.5, 0.6) is 0 Å². The monoisotopic (exact) mass is 395 g/mol. The fourth-order valence-corrected chi connectivity index (χ4v) is 5.12. The van der Waals surface area contributed by atoms with E-state index in [1.807, 2.05) is 37.4 Å². The van der Waals surface area contributed by atoms with Crippen molar-refractivity contribution in [2.45, 2.75) is 45.6 Å². The molecule has 0 radical (unpaired) electrons. The van der Waals surface area contributed by atoms with Gasteiger partial charge in [-0.05, 0) is 36.5 Å². The van der Waals surface area contributed by atoms with E-state index < -0.39 is 11.8 Å². The van der Waals surface area contributed by atoms with Crippen LogP contribution < -0.4 is 10.6 Å². The number of hydrogen-bond acceptors (Lipinski definition) is 4.